The van der Waals surface area contributed by atoms with E-state index in [1.165, 1.54) is 11.3 Å². The maximum atomic E-state index is 12.5. The van der Waals surface area contributed by atoms with Crippen molar-refractivity contribution in [2.45, 2.75) is 26.4 Å². The number of hydrogen-bond donors (Lipinski definition) is 1. The monoisotopic (exact) mass is 311 g/mol. The summed E-state index contributed by atoms with van der Waals surface area (Å²) in [6, 6.07) is 5.69. The van der Waals surface area contributed by atoms with Gasteiger partial charge in [0, 0.05) is 24.2 Å². The van der Waals surface area contributed by atoms with Gasteiger partial charge in [0.15, 0.2) is 0 Å². The lowest BCUT2D eigenvalue weighted by Gasteiger charge is -2.19. The maximum Gasteiger partial charge on any atom is 0.270 e. The number of rotatable bonds is 4. The molecular weight excluding hydrogens is 294 g/mol. The average Bonchev–Trinajstić information content (AvgIpc) is 2.94. The minimum atomic E-state index is -0.0417. The molecule has 0 aliphatic carbocycles. The quantitative estimate of drug-likeness (QED) is 0.937. The largest absolute Gasteiger partial charge is 0.397 e. The molecule has 0 spiro atoms. The SMILES string of the molecule is CC(C)n1cc(N)cc1C(=O)N(C)Cc1ccc(Cl)s1. The number of hydrogen-bond acceptors (Lipinski definition) is 3. The zero-order chi connectivity index (χ0) is 14.9. The highest BCUT2D eigenvalue weighted by molar-refractivity contribution is 7.16. The lowest BCUT2D eigenvalue weighted by Crippen LogP contribution is -2.28. The van der Waals surface area contributed by atoms with Gasteiger partial charge in [-0.05, 0) is 32.0 Å². The van der Waals surface area contributed by atoms with Crippen LogP contribution in [0.15, 0.2) is 24.4 Å². The number of anilines is 1. The van der Waals surface area contributed by atoms with Crippen LogP contribution in [0.4, 0.5) is 5.69 Å². The van der Waals surface area contributed by atoms with Crippen LogP contribution in [0.2, 0.25) is 4.34 Å². The van der Waals surface area contributed by atoms with Crippen molar-refractivity contribution in [2.24, 2.45) is 0 Å². The Morgan fingerprint density at radius 3 is 2.75 bits per heavy atom. The third-order valence-corrected chi connectivity index (χ3v) is 4.23. The molecule has 2 aromatic rings. The van der Waals surface area contributed by atoms with E-state index in [9.17, 15) is 4.79 Å². The van der Waals surface area contributed by atoms with Gasteiger partial charge < -0.3 is 15.2 Å². The van der Waals surface area contributed by atoms with E-state index in [4.69, 9.17) is 17.3 Å². The van der Waals surface area contributed by atoms with Crippen molar-refractivity contribution in [1.29, 1.82) is 0 Å². The number of carbonyl (C=O) groups is 1. The number of nitrogen functional groups attached to an aromatic ring is 1. The average molecular weight is 312 g/mol. The topological polar surface area (TPSA) is 51.3 Å². The Hall–Kier alpha value is -1.46. The molecule has 0 bridgehead atoms. The smallest absolute Gasteiger partial charge is 0.270 e. The highest BCUT2D eigenvalue weighted by Gasteiger charge is 2.19. The number of aromatic nitrogens is 1. The fourth-order valence-corrected chi connectivity index (χ4v) is 3.18. The van der Waals surface area contributed by atoms with Crippen molar-refractivity contribution in [3.05, 3.63) is 39.3 Å². The van der Waals surface area contributed by atoms with Gasteiger partial charge in [0.25, 0.3) is 5.91 Å². The fraction of sp³-hybridized carbons (Fsp3) is 0.357. The molecule has 0 aromatic carbocycles. The van der Waals surface area contributed by atoms with Crippen LogP contribution in [0.3, 0.4) is 0 Å². The lowest BCUT2D eigenvalue weighted by molar-refractivity contribution is 0.0774. The number of amides is 1. The number of nitrogens with zero attached hydrogens (tertiary/aromatic N) is 2. The van der Waals surface area contributed by atoms with E-state index < -0.39 is 0 Å². The normalized spacial score (nSPS) is 11.1. The molecule has 2 heterocycles. The van der Waals surface area contributed by atoms with Gasteiger partial charge in [-0.15, -0.1) is 11.3 Å². The molecule has 4 nitrogen and oxygen atoms in total. The molecule has 20 heavy (non-hydrogen) atoms. The molecule has 1 amide bonds. The lowest BCUT2D eigenvalue weighted by atomic mass is 10.3. The first-order chi connectivity index (χ1) is 9.38. The molecule has 0 aliphatic heterocycles. The van der Waals surface area contributed by atoms with Crippen molar-refractivity contribution < 1.29 is 4.79 Å². The van der Waals surface area contributed by atoms with Gasteiger partial charge in [0.2, 0.25) is 0 Å². The summed E-state index contributed by atoms with van der Waals surface area (Å²) in [7, 11) is 1.78. The van der Waals surface area contributed by atoms with Gasteiger partial charge in [-0.25, -0.2) is 0 Å². The summed E-state index contributed by atoms with van der Waals surface area (Å²) in [5, 5.41) is 0. The Bertz CT molecular complexity index is 618. The minimum Gasteiger partial charge on any atom is -0.397 e. The second-order valence-electron chi connectivity index (χ2n) is 5.03. The zero-order valence-corrected chi connectivity index (χ0v) is 13.3. The third-order valence-electron chi connectivity index (χ3n) is 3.01. The summed E-state index contributed by atoms with van der Waals surface area (Å²) in [6.07, 6.45) is 1.80. The van der Waals surface area contributed by atoms with Gasteiger partial charge in [0.05, 0.1) is 16.6 Å². The van der Waals surface area contributed by atoms with Gasteiger partial charge in [-0.1, -0.05) is 11.6 Å². The summed E-state index contributed by atoms with van der Waals surface area (Å²) in [4.78, 5) is 15.2. The molecule has 2 N–H and O–H groups in total. The molecule has 2 aromatic heterocycles. The number of thiophene rings is 1. The molecule has 0 saturated heterocycles. The van der Waals surface area contributed by atoms with Gasteiger partial charge >= 0.3 is 0 Å². The van der Waals surface area contributed by atoms with Crippen LogP contribution in [0, 0.1) is 0 Å². The predicted molar refractivity (Wildman–Crippen MR) is 84.4 cm³/mol. The van der Waals surface area contributed by atoms with Crippen LogP contribution in [-0.2, 0) is 6.54 Å². The Labute approximate surface area is 127 Å². The standard InChI is InChI=1S/C14H18ClN3OS/c1-9(2)18-7-10(16)6-12(18)14(19)17(3)8-11-4-5-13(15)20-11/h4-7,9H,8,16H2,1-3H3. The molecule has 0 unspecified atom stereocenters. The Kier molecular flexibility index (Phi) is 4.40. The van der Waals surface area contributed by atoms with Gasteiger partial charge in [0.1, 0.15) is 5.69 Å². The summed E-state index contributed by atoms with van der Waals surface area (Å²) in [5.41, 5.74) is 7.02. The molecular formula is C14H18ClN3OS. The first-order valence-electron chi connectivity index (χ1n) is 6.35. The molecule has 6 heteroatoms. The van der Waals surface area contributed by atoms with Crippen LogP contribution < -0.4 is 5.73 Å². The highest BCUT2D eigenvalue weighted by atomic mass is 35.5. The van der Waals surface area contributed by atoms with Crippen LogP contribution in [0.5, 0.6) is 0 Å². The molecule has 0 aliphatic rings. The Morgan fingerprint density at radius 1 is 1.50 bits per heavy atom. The fourth-order valence-electron chi connectivity index (χ4n) is 2.04. The van der Waals surface area contributed by atoms with E-state index in [2.05, 4.69) is 0 Å². The number of halogens is 1. The predicted octanol–water partition coefficient (Wildman–Crippen LogP) is 3.64. The first-order valence-corrected chi connectivity index (χ1v) is 7.55. The maximum absolute atomic E-state index is 12.5. The summed E-state index contributed by atoms with van der Waals surface area (Å²) >= 11 is 7.39. The molecule has 0 atom stereocenters. The van der Waals surface area contributed by atoms with Crippen LogP contribution in [0.25, 0.3) is 0 Å². The first kappa shape index (κ1) is 14.9. The summed E-state index contributed by atoms with van der Waals surface area (Å²) in [5.74, 6) is -0.0417. The van der Waals surface area contributed by atoms with Crippen LogP contribution in [0.1, 0.15) is 35.3 Å². The number of carbonyl (C=O) groups excluding carboxylic acids is 1. The van der Waals surface area contributed by atoms with Gasteiger partial charge in [-0.2, -0.15) is 0 Å². The molecule has 0 fully saturated rings. The minimum absolute atomic E-state index is 0.0417. The highest BCUT2D eigenvalue weighted by Crippen LogP contribution is 2.24. The van der Waals surface area contributed by atoms with Crippen molar-refractivity contribution in [3.8, 4) is 0 Å². The van der Waals surface area contributed by atoms with Crippen molar-refractivity contribution >= 4 is 34.5 Å². The summed E-state index contributed by atoms with van der Waals surface area (Å²) < 4.78 is 2.63. The zero-order valence-electron chi connectivity index (χ0n) is 11.8. The molecule has 0 saturated carbocycles. The second kappa shape index (κ2) is 5.89. The molecule has 2 rings (SSSR count). The van der Waals surface area contributed by atoms with Crippen LogP contribution >= 0.6 is 22.9 Å². The third kappa shape index (κ3) is 3.16. The molecule has 0 radical (unpaired) electrons. The van der Waals surface area contributed by atoms with E-state index in [1.807, 2.05) is 30.5 Å². The van der Waals surface area contributed by atoms with Crippen molar-refractivity contribution in [3.63, 3.8) is 0 Å². The second-order valence-corrected chi connectivity index (χ2v) is 6.83. The summed E-state index contributed by atoms with van der Waals surface area (Å²) in [6.45, 7) is 4.59. The van der Waals surface area contributed by atoms with E-state index in [0.717, 1.165) is 9.21 Å². The van der Waals surface area contributed by atoms with E-state index in [1.54, 1.807) is 24.2 Å². The van der Waals surface area contributed by atoms with E-state index >= 15 is 0 Å². The Balaban J connectivity index is 2.18. The van der Waals surface area contributed by atoms with Crippen molar-refractivity contribution in [2.75, 3.05) is 12.8 Å². The Morgan fingerprint density at radius 2 is 2.20 bits per heavy atom. The van der Waals surface area contributed by atoms with E-state index in [-0.39, 0.29) is 11.9 Å². The van der Waals surface area contributed by atoms with Crippen LogP contribution in [-0.4, -0.2) is 22.4 Å². The van der Waals surface area contributed by atoms with E-state index in [0.29, 0.717) is 17.9 Å². The molecule has 108 valence electrons. The van der Waals surface area contributed by atoms with Crippen molar-refractivity contribution in [1.82, 2.24) is 9.47 Å². The number of nitrogens with two attached hydrogens (primary N) is 1. The van der Waals surface area contributed by atoms with Gasteiger partial charge in [-0.3, -0.25) is 4.79 Å².